The summed E-state index contributed by atoms with van der Waals surface area (Å²) in [5.74, 6) is -0.266. The number of hydrogen-bond acceptors (Lipinski definition) is 3. The van der Waals surface area contributed by atoms with Crippen LogP contribution >= 0.6 is 11.6 Å². The summed E-state index contributed by atoms with van der Waals surface area (Å²) >= 11 is 5.81. The first-order valence-corrected chi connectivity index (χ1v) is 6.79. The minimum atomic E-state index is -0.249. The monoisotopic (exact) mass is 293 g/mol. The second kappa shape index (κ2) is 5.96. The molecule has 1 aromatic heterocycles. The maximum atomic E-state index is 12.2. The van der Waals surface area contributed by atoms with Gasteiger partial charge in [-0.2, -0.15) is 5.10 Å². The fourth-order valence-electron chi connectivity index (χ4n) is 1.85. The van der Waals surface area contributed by atoms with Crippen LogP contribution < -0.4 is 5.32 Å². The Labute approximate surface area is 122 Å². The van der Waals surface area contributed by atoms with Gasteiger partial charge < -0.3 is 10.4 Å². The first-order valence-electron chi connectivity index (χ1n) is 6.41. The number of halogens is 1. The van der Waals surface area contributed by atoms with Crippen molar-refractivity contribution < 1.29 is 9.90 Å². The molecule has 2 aromatic rings. The van der Waals surface area contributed by atoms with Crippen LogP contribution in [0.1, 0.15) is 30.0 Å². The average molecular weight is 294 g/mol. The Hall–Kier alpha value is -2.01. The Morgan fingerprint density at radius 1 is 1.40 bits per heavy atom. The van der Waals surface area contributed by atoms with Crippen LogP contribution in [0.2, 0.25) is 5.02 Å². The van der Waals surface area contributed by atoms with Crippen molar-refractivity contribution >= 4 is 23.2 Å². The molecule has 0 radical (unpaired) electrons. The van der Waals surface area contributed by atoms with Crippen molar-refractivity contribution in [1.29, 1.82) is 0 Å². The van der Waals surface area contributed by atoms with Crippen molar-refractivity contribution in [2.24, 2.45) is 0 Å². The quantitative estimate of drug-likeness (QED) is 0.851. The molecule has 0 aliphatic heterocycles. The summed E-state index contributed by atoms with van der Waals surface area (Å²) in [6.45, 7) is 4.55. The van der Waals surface area contributed by atoms with E-state index in [-0.39, 0.29) is 16.7 Å². The molecule has 0 bridgehead atoms. The number of amides is 1. The average Bonchev–Trinajstić information content (AvgIpc) is 2.86. The molecule has 20 heavy (non-hydrogen) atoms. The van der Waals surface area contributed by atoms with Crippen LogP contribution in [-0.4, -0.2) is 20.8 Å². The van der Waals surface area contributed by atoms with E-state index in [9.17, 15) is 9.90 Å². The van der Waals surface area contributed by atoms with Gasteiger partial charge in [-0.1, -0.05) is 18.5 Å². The van der Waals surface area contributed by atoms with Crippen molar-refractivity contribution in [3.63, 3.8) is 0 Å². The molecule has 5 nitrogen and oxygen atoms in total. The zero-order valence-electron chi connectivity index (χ0n) is 11.4. The van der Waals surface area contributed by atoms with Gasteiger partial charge in [-0.25, -0.2) is 0 Å². The summed E-state index contributed by atoms with van der Waals surface area (Å²) < 4.78 is 1.66. The molecule has 0 saturated heterocycles. The van der Waals surface area contributed by atoms with Crippen LogP contribution in [0.5, 0.6) is 5.75 Å². The molecule has 1 aromatic carbocycles. The van der Waals surface area contributed by atoms with E-state index in [1.165, 1.54) is 12.1 Å². The number of aromatic hydroxyl groups is 1. The number of hydrogen-bond donors (Lipinski definition) is 2. The standard InChI is InChI=1S/C14H16ClN3O2/c1-3-9-8-12(18(4-2)17-9)14(20)16-10-5-6-13(19)11(15)7-10/h5-8,19H,3-4H2,1-2H3,(H,16,20). The first kappa shape index (κ1) is 14.4. The Bertz CT molecular complexity index is 637. The number of nitrogens with one attached hydrogen (secondary N) is 1. The third kappa shape index (κ3) is 2.93. The lowest BCUT2D eigenvalue weighted by Gasteiger charge is -2.07. The van der Waals surface area contributed by atoms with Gasteiger partial charge in [-0.05, 0) is 37.6 Å². The van der Waals surface area contributed by atoms with Gasteiger partial charge in [-0.3, -0.25) is 9.48 Å². The van der Waals surface area contributed by atoms with Crippen molar-refractivity contribution in [2.45, 2.75) is 26.8 Å². The maximum Gasteiger partial charge on any atom is 0.273 e. The number of benzene rings is 1. The number of rotatable bonds is 4. The smallest absolute Gasteiger partial charge is 0.273 e. The van der Waals surface area contributed by atoms with Gasteiger partial charge in [0.1, 0.15) is 11.4 Å². The van der Waals surface area contributed by atoms with Crippen LogP contribution in [0.3, 0.4) is 0 Å². The number of phenols is 1. The molecule has 0 aliphatic rings. The Balaban J connectivity index is 2.23. The number of carbonyl (C=O) groups is 1. The number of aromatic nitrogens is 2. The Morgan fingerprint density at radius 3 is 2.75 bits per heavy atom. The summed E-state index contributed by atoms with van der Waals surface area (Å²) in [4.78, 5) is 12.2. The molecule has 1 amide bonds. The van der Waals surface area contributed by atoms with Gasteiger partial charge in [0.05, 0.1) is 10.7 Å². The highest BCUT2D eigenvalue weighted by Gasteiger charge is 2.14. The number of carbonyl (C=O) groups excluding carboxylic acids is 1. The molecule has 0 spiro atoms. The lowest BCUT2D eigenvalue weighted by atomic mass is 10.2. The van der Waals surface area contributed by atoms with E-state index in [1.54, 1.807) is 16.8 Å². The van der Waals surface area contributed by atoms with Crippen molar-refractivity contribution in [2.75, 3.05) is 5.32 Å². The van der Waals surface area contributed by atoms with Gasteiger partial charge in [0.2, 0.25) is 0 Å². The zero-order chi connectivity index (χ0) is 14.7. The van der Waals surface area contributed by atoms with E-state index < -0.39 is 0 Å². The molecule has 0 fully saturated rings. The first-order chi connectivity index (χ1) is 9.55. The summed E-state index contributed by atoms with van der Waals surface area (Å²) in [5.41, 5.74) is 1.91. The molecule has 6 heteroatoms. The molecule has 2 N–H and O–H groups in total. The molecular formula is C14H16ClN3O2. The van der Waals surface area contributed by atoms with Crippen molar-refractivity contribution in [1.82, 2.24) is 9.78 Å². The second-order valence-electron chi connectivity index (χ2n) is 4.31. The highest BCUT2D eigenvalue weighted by molar-refractivity contribution is 6.32. The predicted molar refractivity (Wildman–Crippen MR) is 78.3 cm³/mol. The molecule has 0 aliphatic carbocycles. The van der Waals surface area contributed by atoms with E-state index in [1.807, 2.05) is 13.8 Å². The lowest BCUT2D eigenvalue weighted by Crippen LogP contribution is -2.17. The van der Waals surface area contributed by atoms with Crippen LogP contribution in [0.4, 0.5) is 5.69 Å². The second-order valence-corrected chi connectivity index (χ2v) is 4.72. The molecule has 0 unspecified atom stereocenters. The minimum absolute atomic E-state index is 0.0171. The largest absolute Gasteiger partial charge is 0.506 e. The fraction of sp³-hybridized carbons (Fsp3) is 0.286. The fourth-order valence-corrected chi connectivity index (χ4v) is 2.03. The number of anilines is 1. The van der Waals surface area contributed by atoms with Crippen LogP contribution in [-0.2, 0) is 13.0 Å². The van der Waals surface area contributed by atoms with Crippen molar-refractivity contribution in [3.05, 3.63) is 40.7 Å². The van der Waals surface area contributed by atoms with Crippen LogP contribution in [0, 0.1) is 0 Å². The zero-order valence-corrected chi connectivity index (χ0v) is 12.1. The SMILES string of the molecule is CCc1cc(C(=O)Nc2ccc(O)c(Cl)c2)n(CC)n1. The molecule has 2 rings (SSSR count). The van der Waals surface area contributed by atoms with Gasteiger partial charge in [0.15, 0.2) is 0 Å². The molecule has 0 atom stereocenters. The molecule has 1 heterocycles. The van der Waals surface area contributed by atoms with Gasteiger partial charge in [0.25, 0.3) is 5.91 Å². The maximum absolute atomic E-state index is 12.2. The molecule has 0 saturated carbocycles. The summed E-state index contributed by atoms with van der Waals surface area (Å²) in [7, 11) is 0. The molecule has 106 valence electrons. The predicted octanol–water partition coefficient (Wildman–Crippen LogP) is 3.08. The third-order valence-electron chi connectivity index (χ3n) is 2.93. The molecular weight excluding hydrogens is 278 g/mol. The van der Waals surface area contributed by atoms with Gasteiger partial charge in [-0.15, -0.1) is 0 Å². The minimum Gasteiger partial charge on any atom is -0.506 e. The topological polar surface area (TPSA) is 67.2 Å². The summed E-state index contributed by atoms with van der Waals surface area (Å²) in [5, 5.41) is 16.6. The number of phenolic OH excluding ortho intramolecular Hbond substituents is 1. The van der Waals surface area contributed by atoms with Crippen molar-refractivity contribution in [3.8, 4) is 5.75 Å². The highest BCUT2D eigenvalue weighted by Crippen LogP contribution is 2.26. The van der Waals surface area contributed by atoms with Gasteiger partial charge >= 0.3 is 0 Å². The summed E-state index contributed by atoms with van der Waals surface area (Å²) in [6, 6.07) is 6.31. The Morgan fingerprint density at radius 2 is 2.15 bits per heavy atom. The number of aryl methyl sites for hydroxylation is 2. The lowest BCUT2D eigenvalue weighted by molar-refractivity contribution is 0.101. The van der Waals surface area contributed by atoms with E-state index in [0.29, 0.717) is 17.9 Å². The Kier molecular flexibility index (Phi) is 4.29. The van der Waals surface area contributed by atoms with Crippen LogP contribution in [0.25, 0.3) is 0 Å². The number of nitrogens with zero attached hydrogens (tertiary/aromatic N) is 2. The van der Waals surface area contributed by atoms with E-state index in [2.05, 4.69) is 10.4 Å². The normalized spacial score (nSPS) is 10.6. The highest BCUT2D eigenvalue weighted by atomic mass is 35.5. The van der Waals surface area contributed by atoms with E-state index in [4.69, 9.17) is 11.6 Å². The summed E-state index contributed by atoms with van der Waals surface area (Å²) in [6.07, 6.45) is 0.776. The van der Waals surface area contributed by atoms with E-state index >= 15 is 0 Å². The third-order valence-corrected chi connectivity index (χ3v) is 3.23. The van der Waals surface area contributed by atoms with E-state index in [0.717, 1.165) is 12.1 Å². The van der Waals surface area contributed by atoms with Crippen LogP contribution in [0.15, 0.2) is 24.3 Å². The van der Waals surface area contributed by atoms with Gasteiger partial charge in [0, 0.05) is 12.2 Å².